The van der Waals surface area contributed by atoms with E-state index in [1.54, 1.807) is 4.88 Å². The molecule has 1 aliphatic heterocycles. The third-order valence-electron chi connectivity index (χ3n) is 4.34. The Morgan fingerprint density at radius 2 is 2.26 bits per heavy atom. The molecule has 19 heavy (non-hydrogen) atoms. The van der Waals surface area contributed by atoms with E-state index in [2.05, 4.69) is 38.5 Å². The number of aryl methyl sites for hydroxylation is 1. The van der Waals surface area contributed by atoms with Crippen LogP contribution in [0, 0.1) is 0 Å². The average molecular weight is 274 g/mol. The number of nitrogens with zero attached hydrogens (tertiary/aromatic N) is 3. The summed E-state index contributed by atoms with van der Waals surface area (Å²) in [5.41, 5.74) is 1.50. The van der Waals surface area contributed by atoms with E-state index in [0.29, 0.717) is 12.0 Å². The van der Waals surface area contributed by atoms with Crippen LogP contribution in [-0.4, -0.2) is 21.3 Å². The van der Waals surface area contributed by atoms with Crippen molar-refractivity contribution in [1.82, 2.24) is 20.1 Å². The summed E-state index contributed by atoms with van der Waals surface area (Å²) < 4.78 is 2.35. The van der Waals surface area contributed by atoms with Crippen LogP contribution in [-0.2, 0) is 13.0 Å². The van der Waals surface area contributed by atoms with Crippen molar-refractivity contribution in [2.75, 3.05) is 6.54 Å². The minimum Gasteiger partial charge on any atom is -0.312 e. The average Bonchev–Trinajstić information content (AvgIpc) is 3.05. The fraction of sp³-hybridized carbons (Fsp3) is 0.571. The first-order chi connectivity index (χ1) is 9.34. The van der Waals surface area contributed by atoms with Gasteiger partial charge in [-0.2, -0.15) is 0 Å². The van der Waals surface area contributed by atoms with Gasteiger partial charge in [0.25, 0.3) is 0 Å². The van der Waals surface area contributed by atoms with Gasteiger partial charge in [-0.15, -0.1) is 21.5 Å². The third kappa shape index (κ3) is 1.75. The molecule has 2 aromatic rings. The first-order valence-electron chi connectivity index (χ1n) is 7.07. The normalized spacial score (nSPS) is 25.9. The van der Waals surface area contributed by atoms with E-state index >= 15 is 0 Å². The van der Waals surface area contributed by atoms with Crippen LogP contribution in [0.2, 0.25) is 0 Å². The van der Waals surface area contributed by atoms with Crippen LogP contribution in [0.25, 0.3) is 0 Å². The Balaban J connectivity index is 1.79. The van der Waals surface area contributed by atoms with Crippen LogP contribution < -0.4 is 5.32 Å². The predicted octanol–water partition coefficient (Wildman–Crippen LogP) is 2.47. The zero-order valence-electron chi connectivity index (χ0n) is 11.1. The first kappa shape index (κ1) is 11.6. The summed E-state index contributed by atoms with van der Waals surface area (Å²) >= 11 is 1.89. The zero-order valence-corrected chi connectivity index (χ0v) is 11.9. The quantitative estimate of drug-likeness (QED) is 0.868. The summed E-state index contributed by atoms with van der Waals surface area (Å²) in [6, 6.07) is 2.61. The lowest BCUT2D eigenvalue weighted by molar-refractivity contribution is 0.422. The van der Waals surface area contributed by atoms with Gasteiger partial charge in [-0.05, 0) is 43.2 Å². The zero-order chi connectivity index (χ0) is 12.8. The molecule has 1 aliphatic carbocycles. The standard InChI is InChI=1S/C14H18N4S/c1-9-13-16-17-14(18(13)7-6-15-9)11-3-2-4-12-10(11)5-8-19-12/h5,8-9,11,15H,2-4,6-7H2,1H3. The maximum atomic E-state index is 4.53. The Kier molecular flexibility index (Phi) is 2.70. The molecule has 0 aromatic carbocycles. The van der Waals surface area contributed by atoms with Gasteiger partial charge in [-0.25, -0.2) is 0 Å². The molecule has 5 heteroatoms. The monoisotopic (exact) mass is 274 g/mol. The van der Waals surface area contributed by atoms with E-state index in [1.165, 1.54) is 30.7 Å². The van der Waals surface area contributed by atoms with Gasteiger partial charge in [0.2, 0.25) is 0 Å². The molecular weight excluding hydrogens is 256 g/mol. The van der Waals surface area contributed by atoms with E-state index in [-0.39, 0.29) is 0 Å². The van der Waals surface area contributed by atoms with Gasteiger partial charge in [0, 0.05) is 23.9 Å². The second-order valence-corrected chi connectivity index (χ2v) is 6.49. The number of hydrogen-bond donors (Lipinski definition) is 1. The summed E-state index contributed by atoms with van der Waals surface area (Å²) in [6.45, 7) is 4.18. The Morgan fingerprint density at radius 1 is 1.37 bits per heavy atom. The Hall–Kier alpha value is -1.20. The van der Waals surface area contributed by atoms with Gasteiger partial charge in [-0.1, -0.05) is 0 Å². The number of fused-ring (bicyclic) bond motifs is 2. The molecule has 2 aliphatic rings. The molecule has 0 bridgehead atoms. The van der Waals surface area contributed by atoms with Crippen molar-refractivity contribution in [1.29, 1.82) is 0 Å². The predicted molar refractivity (Wildman–Crippen MR) is 75.5 cm³/mol. The Labute approximate surface area is 116 Å². The molecule has 2 atom stereocenters. The minimum atomic E-state index is 0.320. The number of rotatable bonds is 1. The van der Waals surface area contributed by atoms with Gasteiger partial charge in [0.15, 0.2) is 0 Å². The third-order valence-corrected chi connectivity index (χ3v) is 5.34. The number of aromatic nitrogens is 3. The summed E-state index contributed by atoms with van der Waals surface area (Å²) in [5, 5.41) is 14.6. The molecule has 0 radical (unpaired) electrons. The largest absolute Gasteiger partial charge is 0.312 e. The van der Waals surface area contributed by atoms with Crippen LogP contribution >= 0.6 is 11.3 Å². The van der Waals surface area contributed by atoms with Crippen molar-refractivity contribution in [3.63, 3.8) is 0 Å². The van der Waals surface area contributed by atoms with E-state index in [4.69, 9.17) is 0 Å². The number of hydrogen-bond acceptors (Lipinski definition) is 4. The molecule has 100 valence electrons. The lowest BCUT2D eigenvalue weighted by Crippen LogP contribution is -2.33. The van der Waals surface area contributed by atoms with Crippen molar-refractivity contribution in [2.24, 2.45) is 0 Å². The lowest BCUT2D eigenvalue weighted by atomic mass is 9.87. The summed E-state index contributed by atoms with van der Waals surface area (Å²) in [4.78, 5) is 1.55. The van der Waals surface area contributed by atoms with Gasteiger partial charge in [0.05, 0.1) is 6.04 Å². The van der Waals surface area contributed by atoms with E-state index in [0.717, 1.165) is 18.9 Å². The molecule has 0 saturated carbocycles. The molecule has 0 amide bonds. The minimum absolute atomic E-state index is 0.320. The molecular formula is C14H18N4S. The number of thiophene rings is 1. The topological polar surface area (TPSA) is 42.7 Å². The fourth-order valence-corrected chi connectivity index (χ4v) is 4.36. The molecule has 0 saturated heterocycles. The lowest BCUT2D eigenvalue weighted by Gasteiger charge is -2.26. The van der Waals surface area contributed by atoms with Crippen molar-refractivity contribution in [3.8, 4) is 0 Å². The van der Waals surface area contributed by atoms with Gasteiger partial charge in [-0.3, -0.25) is 0 Å². The van der Waals surface area contributed by atoms with Crippen LogP contribution in [0.4, 0.5) is 0 Å². The van der Waals surface area contributed by atoms with Gasteiger partial charge < -0.3 is 9.88 Å². The molecule has 3 heterocycles. The van der Waals surface area contributed by atoms with Crippen LogP contribution in [0.15, 0.2) is 11.4 Å². The maximum Gasteiger partial charge on any atom is 0.149 e. The highest BCUT2D eigenvalue weighted by Crippen LogP contribution is 2.39. The molecule has 4 nitrogen and oxygen atoms in total. The van der Waals surface area contributed by atoms with Crippen molar-refractivity contribution in [3.05, 3.63) is 33.5 Å². The first-order valence-corrected chi connectivity index (χ1v) is 7.95. The van der Waals surface area contributed by atoms with E-state index < -0.39 is 0 Å². The van der Waals surface area contributed by atoms with Crippen molar-refractivity contribution >= 4 is 11.3 Å². The van der Waals surface area contributed by atoms with E-state index in [9.17, 15) is 0 Å². The maximum absolute atomic E-state index is 4.53. The fourth-order valence-electron chi connectivity index (χ4n) is 3.37. The van der Waals surface area contributed by atoms with Crippen LogP contribution in [0.3, 0.4) is 0 Å². The van der Waals surface area contributed by atoms with E-state index in [1.807, 2.05) is 11.3 Å². The summed E-state index contributed by atoms with van der Waals surface area (Å²) in [6.07, 6.45) is 3.72. The molecule has 4 rings (SSSR count). The molecule has 0 spiro atoms. The molecule has 2 unspecified atom stereocenters. The smallest absolute Gasteiger partial charge is 0.149 e. The van der Waals surface area contributed by atoms with Gasteiger partial charge >= 0.3 is 0 Å². The van der Waals surface area contributed by atoms with Crippen molar-refractivity contribution in [2.45, 2.75) is 44.7 Å². The van der Waals surface area contributed by atoms with Gasteiger partial charge in [0.1, 0.15) is 11.6 Å². The van der Waals surface area contributed by atoms with Crippen LogP contribution in [0.1, 0.15) is 53.8 Å². The summed E-state index contributed by atoms with van der Waals surface area (Å²) in [5.74, 6) is 2.74. The van der Waals surface area contributed by atoms with Crippen molar-refractivity contribution < 1.29 is 0 Å². The Morgan fingerprint density at radius 3 is 3.21 bits per heavy atom. The highest BCUT2D eigenvalue weighted by atomic mass is 32.1. The molecule has 1 N–H and O–H groups in total. The second-order valence-electron chi connectivity index (χ2n) is 5.49. The summed E-state index contributed by atoms with van der Waals surface area (Å²) in [7, 11) is 0. The number of nitrogens with one attached hydrogen (secondary N) is 1. The SMILES string of the molecule is CC1NCCn2c1nnc2C1CCCc2sccc21. The highest BCUT2D eigenvalue weighted by molar-refractivity contribution is 7.10. The molecule has 0 fully saturated rings. The molecule has 2 aromatic heterocycles. The highest BCUT2D eigenvalue weighted by Gasteiger charge is 2.30. The second kappa shape index (κ2) is 4.42. The Bertz CT molecular complexity index is 600. The van der Waals surface area contributed by atoms with Crippen LogP contribution in [0.5, 0.6) is 0 Å².